The van der Waals surface area contributed by atoms with Gasteiger partial charge in [0.2, 0.25) is 5.91 Å². The normalized spacial score (nSPS) is 15.6. The Bertz CT molecular complexity index is 1870. The number of carbonyl (C=O) groups excluding carboxylic acids is 1. The van der Waals surface area contributed by atoms with Crippen LogP contribution in [0.1, 0.15) is 55.7 Å². The lowest BCUT2D eigenvalue weighted by Crippen LogP contribution is -2.43. The number of carbonyl (C=O) groups is 1. The summed E-state index contributed by atoms with van der Waals surface area (Å²) < 4.78 is 1.79. The topological polar surface area (TPSA) is 55.2 Å². The van der Waals surface area contributed by atoms with Crippen molar-refractivity contribution in [3.05, 3.63) is 136 Å². The molecule has 0 N–H and O–H groups in total. The molecule has 0 saturated heterocycles. The van der Waals surface area contributed by atoms with Gasteiger partial charge in [0.05, 0.1) is 22.2 Å². The van der Waals surface area contributed by atoms with Crippen molar-refractivity contribution in [1.82, 2.24) is 9.55 Å². The van der Waals surface area contributed by atoms with E-state index < -0.39 is 5.25 Å². The number of aromatic nitrogens is 2. The molecule has 1 heterocycles. The number of nitrogens with zero attached hydrogens (tertiary/aromatic N) is 3. The molecule has 1 atom stereocenters. The van der Waals surface area contributed by atoms with Gasteiger partial charge in [-0.3, -0.25) is 19.1 Å². The molecule has 1 aromatic heterocycles. The van der Waals surface area contributed by atoms with Crippen molar-refractivity contribution in [2.45, 2.75) is 68.2 Å². The van der Waals surface area contributed by atoms with Gasteiger partial charge in [-0.05, 0) is 74.6 Å². The number of para-hydroxylation sites is 3. The molecule has 226 valence electrons. The van der Waals surface area contributed by atoms with E-state index in [2.05, 4.69) is 18.2 Å². The summed E-state index contributed by atoms with van der Waals surface area (Å²) in [5.74, 6) is -0.0788. The highest BCUT2D eigenvalue weighted by Gasteiger charge is 2.44. The summed E-state index contributed by atoms with van der Waals surface area (Å²) in [5.41, 5.74) is 7.10. The zero-order valence-corrected chi connectivity index (χ0v) is 26.6. The number of fused-ring (bicyclic) bond motifs is 4. The molecule has 1 saturated carbocycles. The monoisotopic (exact) mass is 611 g/mol. The molecule has 1 unspecified atom stereocenters. The fourth-order valence-electron chi connectivity index (χ4n) is 7.24. The van der Waals surface area contributed by atoms with Crippen molar-refractivity contribution < 1.29 is 4.79 Å². The highest BCUT2D eigenvalue weighted by molar-refractivity contribution is 8.00. The van der Waals surface area contributed by atoms with Gasteiger partial charge >= 0.3 is 0 Å². The lowest BCUT2D eigenvalue weighted by Gasteiger charge is -2.42. The second-order valence-corrected chi connectivity index (χ2v) is 13.6. The molecule has 1 fully saturated rings. The second kappa shape index (κ2) is 12.2. The number of hydrogen-bond donors (Lipinski definition) is 0. The van der Waals surface area contributed by atoms with Crippen LogP contribution >= 0.6 is 11.8 Å². The summed E-state index contributed by atoms with van der Waals surface area (Å²) in [6.45, 7) is 3.94. The lowest BCUT2D eigenvalue weighted by atomic mass is 9.62. The van der Waals surface area contributed by atoms with E-state index in [4.69, 9.17) is 4.98 Å². The maximum atomic E-state index is 15.0. The minimum absolute atomic E-state index is 0.00386. The number of anilines is 2. The summed E-state index contributed by atoms with van der Waals surface area (Å²) in [7, 11) is 0. The summed E-state index contributed by atoms with van der Waals surface area (Å²) in [4.78, 5) is 36.5. The molecular weight excluding hydrogens is 575 g/mol. The Hall–Kier alpha value is -4.42. The highest BCUT2D eigenvalue weighted by atomic mass is 32.2. The van der Waals surface area contributed by atoms with Gasteiger partial charge in [0.1, 0.15) is 0 Å². The first-order chi connectivity index (χ1) is 22.0. The molecule has 45 heavy (non-hydrogen) atoms. The third-order valence-corrected chi connectivity index (χ3v) is 10.5. The molecule has 0 bridgehead atoms. The van der Waals surface area contributed by atoms with Gasteiger partial charge in [-0.1, -0.05) is 110 Å². The standard InChI is InChI=1S/C39H37N3O2S/c1-27-16-10-13-23-33(27)42-37(44)34-35(32-22-12-11-17-29(32)26-39(34)24-14-5-15-25-39)40-38(42)45-28(2)36(43)41(30-18-6-3-7-19-30)31-20-8-4-9-21-31/h3-4,6-13,16-23,28H,5,14-15,24-26H2,1-2H3. The third kappa shape index (κ3) is 5.31. The summed E-state index contributed by atoms with van der Waals surface area (Å²) in [6, 6.07) is 35.9. The zero-order valence-electron chi connectivity index (χ0n) is 25.8. The van der Waals surface area contributed by atoms with Crippen molar-refractivity contribution in [2.75, 3.05) is 4.90 Å². The Labute approximate surface area is 269 Å². The smallest absolute Gasteiger partial charge is 0.263 e. The van der Waals surface area contributed by atoms with Gasteiger partial charge in [-0.2, -0.15) is 0 Å². The average Bonchev–Trinajstić information content (AvgIpc) is 3.07. The van der Waals surface area contributed by atoms with Gasteiger partial charge in [0.15, 0.2) is 5.16 Å². The maximum Gasteiger partial charge on any atom is 0.263 e. The molecule has 1 spiro atoms. The number of rotatable bonds is 6. The van der Waals surface area contributed by atoms with Crippen LogP contribution in [0, 0.1) is 6.92 Å². The van der Waals surface area contributed by atoms with E-state index in [9.17, 15) is 4.79 Å². The molecule has 1 amide bonds. The molecular formula is C39H37N3O2S. The minimum atomic E-state index is -0.534. The maximum absolute atomic E-state index is 15.0. The predicted octanol–water partition coefficient (Wildman–Crippen LogP) is 8.81. The highest BCUT2D eigenvalue weighted by Crippen LogP contribution is 2.49. The van der Waals surface area contributed by atoms with Crippen molar-refractivity contribution in [3.8, 4) is 16.9 Å². The Morgan fingerprint density at radius 3 is 2.09 bits per heavy atom. The van der Waals surface area contributed by atoms with E-state index in [1.165, 1.54) is 23.7 Å². The fourth-order valence-corrected chi connectivity index (χ4v) is 8.20. The first kappa shape index (κ1) is 29.3. The molecule has 0 radical (unpaired) electrons. The first-order valence-electron chi connectivity index (χ1n) is 15.9. The molecule has 2 aliphatic rings. The first-order valence-corrected chi connectivity index (χ1v) is 16.8. The predicted molar refractivity (Wildman–Crippen MR) is 184 cm³/mol. The van der Waals surface area contributed by atoms with Gasteiger partial charge < -0.3 is 0 Å². The Morgan fingerprint density at radius 2 is 1.42 bits per heavy atom. The van der Waals surface area contributed by atoms with Gasteiger partial charge in [-0.25, -0.2) is 4.98 Å². The second-order valence-electron chi connectivity index (χ2n) is 12.3. The van der Waals surface area contributed by atoms with Crippen molar-refractivity contribution in [3.63, 3.8) is 0 Å². The quantitative estimate of drug-likeness (QED) is 0.142. The molecule has 0 aliphatic heterocycles. The number of thioether (sulfide) groups is 1. The van der Waals surface area contributed by atoms with Gasteiger partial charge in [-0.15, -0.1) is 0 Å². The van der Waals surface area contributed by atoms with Crippen molar-refractivity contribution in [2.24, 2.45) is 0 Å². The molecule has 7 rings (SSSR count). The van der Waals surface area contributed by atoms with E-state index >= 15 is 4.79 Å². The van der Waals surface area contributed by atoms with E-state index in [-0.39, 0.29) is 16.9 Å². The van der Waals surface area contributed by atoms with Crippen LogP contribution in [0.15, 0.2) is 119 Å². The Balaban J connectivity index is 1.40. The largest absolute Gasteiger partial charge is 0.280 e. The number of benzene rings is 4. The van der Waals surface area contributed by atoms with Crippen LogP contribution in [-0.4, -0.2) is 20.7 Å². The summed E-state index contributed by atoms with van der Waals surface area (Å²) >= 11 is 1.36. The van der Waals surface area contributed by atoms with Crippen LogP contribution in [0.25, 0.3) is 16.9 Å². The van der Waals surface area contributed by atoms with Crippen LogP contribution in [-0.2, 0) is 16.6 Å². The number of hydrogen-bond acceptors (Lipinski definition) is 4. The lowest BCUT2D eigenvalue weighted by molar-refractivity contribution is -0.117. The molecule has 4 aromatic carbocycles. The summed E-state index contributed by atoms with van der Waals surface area (Å²) in [6.07, 6.45) is 6.27. The van der Waals surface area contributed by atoms with Crippen molar-refractivity contribution >= 4 is 29.0 Å². The van der Waals surface area contributed by atoms with Crippen LogP contribution in [0.2, 0.25) is 0 Å². The van der Waals surface area contributed by atoms with Crippen LogP contribution in [0.4, 0.5) is 11.4 Å². The van der Waals surface area contributed by atoms with Crippen LogP contribution in [0.3, 0.4) is 0 Å². The van der Waals surface area contributed by atoms with Gasteiger partial charge in [0.25, 0.3) is 5.56 Å². The number of amides is 1. The van der Waals surface area contributed by atoms with E-state index in [0.717, 1.165) is 71.6 Å². The summed E-state index contributed by atoms with van der Waals surface area (Å²) in [5, 5.41) is 0.00532. The number of aryl methyl sites for hydroxylation is 1. The zero-order chi connectivity index (χ0) is 31.0. The molecule has 5 nitrogen and oxygen atoms in total. The fraction of sp³-hybridized carbons (Fsp3) is 0.256. The SMILES string of the molecule is Cc1ccccc1-n1c(SC(C)C(=O)N(c2ccccc2)c2ccccc2)nc2c(c1=O)C1(CCCCC1)Cc1ccccc1-2. The van der Waals surface area contributed by atoms with Crippen LogP contribution in [0.5, 0.6) is 0 Å². The Morgan fingerprint density at radius 1 is 0.822 bits per heavy atom. The minimum Gasteiger partial charge on any atom is -0.280 e. The van der Waals surface area contributed by atoms with Crippen LogP contribution < -0.4 is 10.5 Å². The Kier molecular flexibility index (Phi) is 7.92. The van der Waals surface area contributed by atoms with E-state index in [0.29, 0.717) is 5.16 Å². The van der Waals surface area contributed by atoms with Gasteiger partial charge in [0, 0.05) is 22.4 Å². The molecule has 6 heteroatoms. The third-order valence-electron chi connectivity index (χ3n) is 9.43. The molecule has 5 aromatic rings. The average molecular weight is 612 g/mol. The van der Waals surface area contributed by atoms with E-state index in [1.807, 2.05) is 105 Å². The van der Waals surface area contributed by atoms with Crippen molar-refractivity contribution in [1.29, 1.82) is 0 Å². The van der Waals surface area contributed by atoms with E-state index in [1.54, 1.807) is 9.47 Å². The molecule has 2 aliphatic carbocycles.